The van der Waals surface area contributed by atoms with Crippen LogP contribution in [-0.4, -0.2) is 0 Å². The smallest absolute Gasteiger partial charge is 0.194 e. The van der Waals surface area contributed by atoms with Crippen LogP contribution in [-0.2, 0) is 0 Å². The standard InChI is InChI=1S/C36H42F6/c1-2-31(37)35(41)28-17-18-30(32(38)19-28)27-11-7-23(8-12-27)4-3-22-5-9-24(10-6-22)25-13-15-26(16-14-25)29-20-33(39)36(42)34(40)21-29/h3-4,17-27H,2,5-16H2,1H3. The van der Waals surface area contributed by atoms with Crippen LogP contribution in [0.3, 0.4) is 0 Å². The van der Waals surface area contributed by atoms with Crippen LogP contribution in [0.25, 0.3) is 5.83 Å². The fraction of sp³-hybridized carbons (Fsp3) is 0.556. The van der Waals surface area contributed by atoms with Gasteiger partial charge in [0.25, 0.3) is 0 Å². The van der Waals surface area contributed by atoms with Crippen LogP contribution < -0.4 is 0 Å². The van der Waals surface area contributed by atoms with Crippen molar-refractivity contribution >= 4 is 5.83 Å². The lowest BCUT2D eigenvalue weighted by atomic mass is 9.68. The second-order valence-electron chi connectivity index (χ2n) is 12.9. The van der Waals surface area contributed by atoms with Crippen molar-refractivity contribution in [2.75, 3.05) is 0 Å². The molecule has 0 radical (unpaired) electrons. The first-order chi connectivity index (χ1) is 20.2. The highest BCUT2D eigenvalue weighted by Crippen LogP contribution is 2.45. The number of allylic oxidation sites excluding steroid dienone is 3. The van der Waals surface area contributed by atoms with Crippen molar-refractivity contribution in [2.45, 2.75) is 102 Å². The number of hydrogen-bond acceptors (Lipinski definition) is 0. The molecule has 0 unspecified atom stereocenters. The van der Waals surface area contributed by atoms with E-state index in [1.165, 1.54) is 50.8 Å². The van der Waals surface area contributed by atoms with E-state index < -0.39 is 34.9 Å². The average Bonchev–Trinajstić information content (AvgIpc) is 3.02. The highest BCUT2D eigenvalue weighted by atomic mass is 19.2. The first kappa shape index (κ1) is 30.9. The van der Waals surface area contributed by atoms with E-state index in [9.17, 15) is 26.3 Å². The Bertz CT molecular complexity index is 1250. The molecule has 0 nitrogen and oxygen atoms in total. The maximum Gasteiger partial charge on any atom is 0.194 e. The predicted octanol–water partition coefficient (Wildman–Crippen LogP) is 11.9. The van der Waals surface area contributed by atoms with Crippen LogP contribution in [0.4, 0.5) is 26.3 Å². The molecule has 3 aliphatic rings. The first-order valence-corrected chi connectivity index (χ1v) is 15.9. The number of benzene rings is 2. The Labute approximate surface area is 246 Å². The van der Waals surface area contributed by atoms with Gasteiger partial charge in [-0.15, -0.1) is 0 Å². The quantitative estimate of drug-likeness (QED) is 0.171. The minimum absolute atomic E-state index is 0.0343. The van der Waals surface area contributed by atoms with E-state index in [0.717, 1.165) is 57.4 Å². The molecule has 42 heavy (non-hydrogen) atoms. The van der Waals surface area contributed by atoms with Crippen LogP contribution in [0, 0.1) is 46.9 Å². The molecule has 6 heteroatoms. The Morgan fingerprint density at radius 3 is 1.67 bits per heavy atom. The highest BCUT2D eigenvalue weighted by Gasteiger charge is 2.32. The highest BCUT2D eigenvalue weighted by molar-refractivity contribution is 5.61. The third kappa shape index (κ3) is 7.17. The summed E-state index contributed by atoms with van der Waals surface area (Å²) in [7, 11) is 0. The molecule has 0 amide bonds. The van der Waals surface area contributed by atoms with Gasteiger partial charge in [0.15, 0.2) is 23.3 Å². The maximum atomic E-state index is 14.8. The van der Waals surface area contributed by atoms with Gasteiger partial charge in [-0.3, -0.25) is 0 Å². The summed E-state index contributed by atoms with van der Waals surface area (Å²) in [5.74, 6) is -3.19. The molecule has 0 heterocycles. The molecular formula is C36H42F6. The van der Waals surface area contributed by atoms with Crippen molar-refractivity contribution in [1.82, 2.24) is 0 Å². The molecule has 0 bridgehead atoms. The van der Waals surface area contributed by atoms with Gasteiger partial charge in [0.1, 0.15) is 11.6 Å². The summed E-state index contributed by atoms with van der Waals surface area (Å²) in [5, 5.41) is 0. The van der Waals surface area contributed by atoms with Crippen LogP contribution in [0.15, 0.2) is 48.3 Å². The Kier molecular flexibility index (Phi) is 10.2. The number of rotatable bonds is 7. The molecule has 2 aromatic carbocycles. The molecule has 228 valence electrons. The van der Waals surface area contributed by atoms with Crippen molar-refractivity contribution in [3.8, 4) is 0 Å². The van der Waals surface area contributed by atoms with Crippen molar-refractivity contribution in [3.05, 3.63) is 88.3 Å². The molecule has 0 spiro atoms. The Balaban J connectivity index is 1.05. The molecule has 0 aliphatic heterocycles. The predicted molar refractivity (Wildman–Crippen MR) is 156 cm³/mol. The first-order valence-electron chi connectivity index (χ1n) is 15.9. The minimum Gasteiger partial charge on any atom is -0.209 e. The fourth-order valence-electron chi connectivity index (χ4n) is 7.79. The molecule has 0 saturated heterocycles. The zero-order chi connectivity index (χ0) is 29.8. The van der Waals surface area contributed by atoms with E-state index >= 15 is 0 Å². The van der Waals surface area contributed by atoms with Gasteiger partial charge in [-0.1, -0.05) is 31.2 Å². The monoisotopic (exact) mass is 588 g/mol. The lowest BCUT2D eigenvalue weighted by Gasteiger charge is -2.37. The van der Waals surface area contributed by atoms with Gasteiger partial charge in [0.05, 0.1) is 0 Å². The topological polar surface area (TPSA) is 0 Å². The van der Waals surface area contributed by atoms with Gasteiger partial charge in [-0.2, -0.15) is 0 Å². The zero-order valence-corrected chi connectivity index (χ0v) is 24.5. The van der Waals surface area contributed by atoms with Crippen LogP contribution in [0.5, 0.6) is 0 Å². The molecule has 2 aromatic rings. The van der Waals surface area contributed by atoms with Crippen LogP contribution in [0.1, 0.15) is 119 Å². The Morgan fingerprint density at radius 2 is 1.14 bits per heavy atom. The van der Waals surface area contributed by atoms with Gasteiger partial charge >= 0.3 is 0 Å². The van der Waals surface area contributed by atoms with Crippen molar-refractivity contribution in [1.29, 1.82) is 0 Å². The number of halogens is 6. The Hall–Kier alpha value is -2.50. The molecule has 0 aromatic heterocycles. The molecule has 0 N–H and O–H groups in total. The second-order valence-corrected chi connectivity index (χ2v) is 12.9. The van der Waals surface area contributed by atoms with Crippen molar-refractivity contribution < 1.29 is 26.3 Å². The van der Waals surface area contributed by atoms with Crippen molar-refractivity contribution in [2.24, 2.45) is 23.7 Å². The molecule has 3 aliphatic carbocycles. The summed E-state index contributed by atoms with van der Waals surface area (Å²) in [6.45, 7) is 1.53. The van der Waals surface area contributed by atoms with E-state index in [0.29, 0.717) is 34.8 Å². The van der Waals surface area contributed by atoms with Gasteiger partial charge in [-0.05, 0) is 148 Å². The van der Waals surface area contributed by atoms with E-state index in [4.69, 9.17) is 0 Å². The lowest BCUT2D eigenvalue weighted by molar-refractivity contribution is 0.171. The van der Waals surface area contributed by atoms with E-state index in [1.807, 2.05) is 0 Å². The largest absolute Gasteiger partial charge is 0.209 e. The summed E-state index contributed by atoms with van der Waals surface area (Å²) < 4.78 is 83.2. The van der Waals surface area contributed by atoms with E-state index in [-0.39, 0.29) is 23.8 Å². The maximum absolute atomic E-state index is 14.8. The summed E-state index contributed by atoms with van der Waals surface area (Å²) >= 11 is 0. The van der Waals surface area contributed by atoms with Gasteiger partial charge < -0.3 is 0 Å². The third-order valence-corrected chi connectivity index (χ3v) is 10.4. The average molecular weight is 589 g/mol. The summed E-state index contributed by atoms with van der Waals surface area (Å²) in [6, 6.07) is 6.58. The van der Waals surface area contributed by atoms with Gasteiger partial charge in [0.2, 0.25) is 0 Å². The second kappa shape index (κ2) is 13.9. The zero-order valence-electron chi connectivity index (χ0n) is 24.5. The normalized spacial score (nSPS) is 29.5. The fourth-order valence-corrected chi connectivity index (χ4v) is 7.79. The SMILES string of the molecule is CCC(F)=C(F)c1ccc(C2CCC(C=CC3CCC(C4CCC(c5cc(F)c(F)c(F)c5)CC4)CC3)CC2)c(F)c1. The van der Waals surface area contributed by atoms with Gasteiger partial charge in [0, 0.05) is 5.56 Å². The minimum atomic E-state index is -1.39. The summed E-state index contributed by atoms with van der Waals surface area (Å²) in [6.07, 6.45) is 17.2. The molecule has 5 rings (SSSR count). The molecule has 3 fully saturated rings. The number of hydrogen-bond donors (Lipinski definition) is 0. The van der Waals surface area contributed by atoms with Crippen molar-refractivity contribution in [3.63, 3.8) is 0 Å². The molecular weight excluding hydrogens is 546 g/mol. The molecule has 3 saturated carbocycles. The summed E-state index contributed by atoms with van der Waals surface area (Å²) in [4.78, 5) is 0. The van der Waals surface area contributed by atoms with Crippen LogP contribution >= 0.6 is 0 Å². The Morgan fingerprint density at radius 1 is 0.643 bits per heavy atom. The van der Waals surface area contributed by atoms with E-state index in [2.05, 4.69) is 12.2 Å². The molecule has 0 atom stereocenters. The third-order valence-electron chi connectivity index (χ3n) is 10.4. The van der Waals surface area contributed by atoms with Crippen LogP contribution in [0.2, 0.25) is 0 Å². The van der Waals surface area contributed by atoms with Gasteiger partial charge in [-0.25, -0.2) is 26.3 Å². The lowest BCUT2D eigenvalue weighted by Crippen LogP contribution is -2.25. The van der Waals surface area contributed by atoms with E-state index in [1.54, 1.807) is 6.07 Å². The summed E-state index contributed by atoms with van der Waals surface area (Å²) in [5.41, 5.74) is 1.16.